The summed E-state index contributed by atoms with van der Waals surface area (Å²) in [5.41, 5.74) is 3.04. The third-order valence-electron chi connectivity index (χ3n) is 4.42. The zero-order chi connectivity index (χ0) is 21.2. The molecule has 0 heterocycles. The van der Waals surface area contributed by atoms with E-state index >= 15 is 0 Å². The van der Waals surface area contributed by atoms with Crippen LogP contribution < -0.4 is 19.5 Å². The lowest BCUT2D eigenvalue weighted by molar-refractivity contribution is -0.123. The number of amides is 1. The Bertz CT molecular complexity index is 960. The summed E-state index contributed by atoms with van der Waals surface area (Å²) in [6.07, 6.45) is 3.97. The number of hydrogen-bond donors (Lipinski definition) is 1. The van der Waals surface area contributed by atoms with Crippen molar-refractivity contribution < 1.29 is 19.0 Å². The Labute approximate surface area is 176 Å². The molecule has 3 aromatic rings. The molecule has 0 radical (unpaired) electrons. The van der Waals surface area contributed by atoms with Crippen LogP contribution in [0.4, 0.5) is 0 Å². The normalized spacial score (nSPS) is 10.6. The lowest BCUT2D eigenvalue weighted by Gasteiger charge is -2.08. The van der Waals surface area contributed by atoms with Crippen LogP contribution in [0.15, 0.2) is 72.8 Å². The molecule has 0 saturated carbocycles. The first-order valence-corrected chi connectivity index (χ1v) is 9.61. The number of ether oxygens (including phenoxy) is 3. The second-order valence-electron chi connectivity index (χ2n) is 6.60. The predicted octanol–water partition coefficient (Wildman–Crippen LogP) is 4.57. The van der Waals surface area contributed by atoms with Crippen LogP contribution in [0.1, 0.15) is 16.7 Å². The predicted molar refractivity (Wildman–Crippen MR) is 119 cm³/mol. The summed E-state index contributed by atoms with van der Waals surface area (Å²) >= 11 is 0. The Balaban J connectivity index is 1.51. The number of hydrogen-bond acceptors (Lipinski definition) is 4. The summed E-state index contributed by atoms with van der Waals surface area (Å²) in [6, 6.07) is 23.0. The first kappa shape index (κ1) is 21.0. The Hall–Kier alpha value is -3.73. The Morgan fingerprint density at radius 2 is 1.43 bits per heavy atom. The highest BCUT2D eigenvalue weighted by Crippen LogP contribution is 2.24. The van der Waals surface area contributed by atoms with Gasteiger partial charge in [-0.05, 0) is 41.0 Å². The lowest BCUT2D eigenvalue weighted by Crippen LogP contribution is -2.28. The maximum Gasteiger partial charge on any atom is 0.258 e. The van der Waals surface area contributed by atoms with Crippen molar-refractivity contribution >= 4 is 18.1 Å². The second-order valence-corrected chi connectivity index (χ2v) is 6.60. The summed E-state index contributed by atoms with van der Waals surface area (Å²) in [5, 5.41) is 2.84. The molecular formula is C25H25NO4. The summed E-state index contributed by atoms with van der Waals surface area (Å²) in [7, 11) is 3.26. The van der Waals surface area contributed by atoms with E-state index in [1.54, 1.807) is 14.2 Å². The summed E-state index contributed by atoms with van der Waals surface area (Å²) < 4.78 is 16.1. The van der Waals surface area contributed by atoms with E-state index in [4.69, 9.17) is 14.2 Å². The largest absolute Gasteiger partial charge is 0.497 e. The lowest BCUT2D eigenvalue weighted by atomic mass is 10.1. The fourth-order valence-electron chi connectivity index (χ4n) is 2.79. The summed E-state index contributed by atoms with van der Waals surface area (Å²) in [4.78, 5) is 12.0. The van der Waals surface area contributed by atoms with Gasteiger partial charge in [0.05, 0.1) is 14.2 Å². The molecule has 0 aliphatic rings. The minimum absolute atomic E-state index is 0.0222. The van der Waals surface area contributed by atoms with Crippen molar-refractivity contribution in [2.75, 3.05) is 20.8 Å². The molecule has 0 aromatic heterocycles. The van der Waals surface area contributed by atoms with Crippen molar-refractivity contribution in [3.8, 4) is 17.2 Å². The number of benzene rings is 3. The van der Waals surface area contributed by atoms with Gasteiger partial charge in [0.25, 0.3) is 5.91 Å². The highest BCUT2D eigenvalue weighted by Gasteiger charge is 2.03. The fourth-order valence-corrected chi connectivity index (χ4v) is 2.79. The maximum atomic E-state index is 12.0. The zero-order valence-corrected chi connectivity index (χ0v) is 17.1. The molecule has 0 saturated heterocycles. The van der Waals surface area contributed by atoms with Gasteiger partial charge in [0.15, 0.2) is 6.61 Å². The minimum atomic E-state index is -0.158. The van der Waals surface area contributed by atoms with E-state index in [-0.39, 0.29) is 12.5 Å². The Kier molecular flexibility index (Phi) is 7.50. The van der Waals surface area contributed by atoms with Crippen molar-refractivity contribution in [1.29, 1.82) is 0 Å². The number of carbonyl (C=O) groups is 1. The van der Waals surface area contributed by atoms with Gasteiger partial charge in [0.1, 0.15) is 17.2 Å². The van der Waals surface area contributed by atoms with Gasteiger partial charge in [0.2, 0.25) is 0 Å². The van der Waals surface area contributed by atoms with Gasteiger partial charge in [-0.2, -0.15) is 0 Å². The third-order valence-corrected chi connectivity index (χ3v) is 4.42. The first-order chi connectivity index (χ1) is 14.7. The minimum Gasteiger partial charge on any atom is -0.497 e. The molecule has 0 fully saturated rings. The summed E-state index contributed by atoms with van der Waals surface area (Å²) in [6.45, 7) is 0.466. The highest BCUT2D eigenvalue weighted by molar-refractivity contribution is 5.77. The van der Waals surface area contributed by atoms with Crippen molar-refractivity contribution in [1.82, 2.24) is 5.32 Å². The molecule has 0 spiro atoms. The van der Waals surface area contributed by atoms with Crippen LogP contribution in [-0.4, -0.2) is 26.7 Å². The number of carbonyl (C=O) groups excluding carboxylic acids is 1. The molecule has 1 N–H and O–H groups in total. The van der Waals surface area contributed by atoms with E-state index in [1.165, 1.54) is 0 Å². The number of methoxy groups -OCH3 is 2. The first-order valence-electron chi connectivity index (χ1n) is 9.61. The Morgan fingerprint density at radius 3 is 2.07 bits per heavy atom. The second kappa shape index (κ2) is 10.7. The van der Waals surface area contributed by atoms with Gasteiger partial charge in [-0.15, -0.1) is 0 Å². The molecule has 0 atom stereocenters. The summed E-state index contributed by atoms with van der Waals surface area (Å²) in [5.74, 6) is 1.96. The van der Waals surface area contributed by atoms with Crippen molar-refractivity contribution in [3.05, 3.63) is 89.5 Å². The average Bonchev–Trinajstić information content (AvgIpc) is 2.81. The van der Waals surface area contributed by atoms with Gasteiger partial charge >= 0.3 is 0 Å². The van der Waals surface area contributed by atoms with E-state index in [0.29, 0.717) is 12.3 Å². The van der Waals surface area contributed by atoms with Gasteiger partial charge in [-0.1, -0.05) is 54.6 Å². The molecule has 1 amide bonds. The molecule has 0 aliphatic heterocycles. The van der Waals surface area contributed by atoms with Crippen molar-refractivity contribution in [2.24, 2.45) is 0 Å². The van der Waals surface area contributed by atoms with Gasteiger partial charge in [-0.25, -0.2) is 0 Å². The van der Waals surface area contributed by atoms with E-state index in [0.717, 1.165) is 28.2 Å². The van der Waals surface area contributed by atoms with Crippen LogP contribution in [0.25, 0.3) is 12.2 Å². The van der Waals surface area contributed by atoms with Crippen LogP contribution in [-0.2, 0) is 11.3 Å². The number of nitrogens with one attached hydrogen (secondary N) is 1. The van der Waals surface area contributed by atoms with Gasteiger partial charge in [-0.3, -0.25) is 4.79 Å². The smallest absolute Gasteiger partial charge is 0.258 e. The highest BCUT2D eigenvalue weighted by atomic mass is 16.5. The molecule has 154 valence electrons. The zero-order valence-electron chi connectivity index (χ0n) is 17.1. The number of rotatable bonds is 9. The molecule has 5 nitrogen and oxygen atoms in total. The van der Waals surface area contributed by atoms with E-state index in [1.807, 2.05) is 84.9 Å². The maximum absolute atomic E-state index is 12.0. The van der Waals surface area contributed by atoms with Crippen molar-refractivity contribution in [2.45, 2.75) is 6.54 Å². The fraction of sp³-hybridized carbons (Fsp3) is 0.160. The molecule has 0 bridgehead atoms. The SMILES string of the molecule is COc1cc(/C=C/c2ccc(OCC(=O)NCc3ccccc3)cc2)cc(OC)c1. The molecule has 3 rings (SSSR count). The standard InChI is InChI=1S/C25H25NO4/c1-28-23-14-21(15-24(16-23)29-2)9-8-19-10-12-22(13-11-19)30-18-25(27)26-17-20-6-4-3-5-7-20/h3-16H,17-18H2,1-2H3,(H,26,27)/b9-8+. The van der Waals surface area contributed by atoms with Gasteiger partial charge in [0, 0.05) is 12.6 Å². The van der Waals surface area contributed by atoms with Crippen LogP contribution in [0.5, 0.6) is 17.2 Å². The topological polar surface area (TPSA) is 56.8 Å². The van der Waals surface area contributed by atoms with Crippen LogP contribution in [0.3, 0.4) is 0 Å². The van der Waals surface area contributed by atoms with Gasteiger partial charge < -0.3 is 19.5 Å². The van der Waals surface area contributed by atoms with Crippen LogP contribution in [0, 0.1) is 0 Å². The molecular weight excluding hydrogens is 378 g/mol. The monoisotopic (exact) mass is 403 g/mol. The van der Waals surface area contributed by atoms with E-state index in [2.05, 4.69) is 5.32 Å². The quantitative estimate of drug-likeness (QED) is 0.532. The van der Waals surface area contributed by atoms with E-state index < -0.39 is 0 Å². The molecule has 30 heavy (non-hydrogen) atoms. The van der Waals surface area contributed by atoms with Crippen molar-refractivity contribution in [3.63, 3.8) is 0 Å². The molecule has 5 heteroatoms. The van der Waals surface area contributed by atoms with Crippen LogP contribution in [0.2, 0.25) is 0 Å². The van der Waals surface area contributed by atoms with E-state index in [9.17, 15) is 4.79 Å². The molecule has 0 aliphatic carbocycles. The molecule has 3 aromatic carbocycles. The average molecular weight is 403 g/mol. The van der Waals surface area contributed by atoms with Crippen LogP contribution >= 0.6 is 0 Å². The molecule has 0 unspecified atom stereocenters. The Morgan fingerprint density at radius 1 is 0.800 bits per heavy atom. The third kappa shape index (κ3) is 6.41.